The lowest BCUT2D eigenvalue weighted by atomic mass is 10.3. The predicted molar refractivity (Wildman–Crippen MR) is 82.4 cm³/mol. The van der Waals surface area contributed by atoms with E-state index in [9.17, 15) is 4.79 Å². The van der Waals surface area contributed by atoms with E-state index in [1.54, 1.807) is 12.3 Å². The molecule has 0 unspecified atom stereocenters. The molecule has 112 valence electrons. The summed E-state index contributed by atoms with van der Waals surface area (Å²) < 4.78 is 5.14. The molecule has 2 aromatic heterocycles. The van der Waals surface area contributed by atoms with E-state index in [0.717, 1.165) is 18.9 Å². The molecule has 0 atom stereocenters. The number of amides is 1. The highest BCUT2D eigenvalue weighted by molar-refractivity contribution is 6.04. The second-order valence-electron chi connectivity index (χ2n) is 4.54. The molecule has 0 radical (unpaired) electrons. The molecule has 1 amide bonds. The molecule has 2 heterocycles. The van der Waals surface area contributed by atoms with E-state index in [-0.39, 0.29) is 12.5 Å². The molecule has 2 aromatic rings. The quantitative estimate of drug-likeness (QED) is 0.851. The summed E-state index contributed by atoms with van der Waals surface area (Å²) in [6.45, 7) is 6.22. The maximum absolute atomic E-state index is 12.0. The minimum atomic E-state index is -0.240. The fourth-order valence-electron chi connectivity index (χ4n) is 2.00. The first kappa shape index (κ1) is 15.1. The van der Waals surface area contributed by atoms with Gasteiger partial charge in [0, 0.05) is 13.1 Å². The number of furan rings is 1. The van der Waals surface area contributed by atoms with Crippen LogP contribution in [0.15, 0.2) is 35.1 Å². The van der Waals surface area contributed by atoms with Gasteiger partial charge in [-0.1, -0.05) is 0 Å². The Morgan fingerprint density at radius 3 is 2.67 bits per heavy atom. The Balaban J connectivity index is 2.04. The Hall–Kier alpha value is -2.34. The van der Waals surface area contributed by atoms with Crippen molar-refractivity contribution in [3.63, 3.8) is 0 Å². The van der Waals surface area contributed by atoms with E-state index in [1.165, 1.54) is 6.26 Å². The number of anilines is 2. The standard InChI is InChI=1S/C15H20N4O2/c1-3-19(4-2)14-6-5-12(9-17-14)18-15(20)11-7-13(8-16)21-10-11/h5-7,9-10H,3-4,8,16H2,1-2H3,(H,18,20). The van der Waals surface area contributed by atoms with Crippen molar-refractivity contribution in [2.45, 2.75) is 20.4 Å². The Kier molecular flexibility index (Phi) is 4.94. The molecule has 3 N–H and O–H groups in total. The van der Waals surface area contributed by atoms with Gasteiger partial charge >= 0.3 is 0 Å². The molecule has 2 rings (SSSR count). The van der Waals surface area contributed by atoms with E-state index in [2.05, 4.69) is 29.0 Å². The Morgan fingerprint density at radius 1 is 1.38 bits per heavy atom. The number of nitrogens with one attached hydrogen (secondary N) is 1. The normalized spacial score (nSPS) is 10.4. The fraction of sp³-hybridized carbons (Fsp3) is 0.333. The van der Waals surface area contributed by atoms with Crippen LogP contribution in [0.5, 0.6) is 0 Å². The number of rotatable bonds is 6. The lowest BCUT2D eigenvalue weighted by Gasteiger charge is -2.19. The minimum Gasteiger partial charge on any atom is -0.467 e. The largest absolute Gasteiger partial charge is 0.467 e. The summed E-state index contributed by atoms with van der Waals surface area (Å²) in [4.78, 5) is 18.5. The van der Waals surface area contributed by atoms with Crippen LogP contribution in [0.3, 0.4) is 0 Å². The van der Waals surface area contributed by atoms with Gasteiger partial charge in [0.1, 0.15) is 17.8 Å². The second kappa shape index (κ2) is 6.90. The molecular weight excluding hydrogens is 268 g/mol. The van der Waals surface area contributed by atoms with Gasteiger partial charge in [0.05, 0.1) is 24.0 Å². The van der Waals surface area contributed by atoms with Gasteiger partial charge in [0.2, 0.25) is 0 Å². The van der Waals surface area contributed by atoms with E-state index in [4.69, 9.17) is 10.2 Å². The third-order valence-electron chi connectivity index (χ3n) is 3.21. The first-order valence-electron chi connectivity index (χ1n) is 6.97. The van der Waals surface area contributed by atoms with Gasteiger partial charge in [-0.05, 0) is 32.0 Å². The molecule has 21 heavy (non-hydrogen) atoms. The predicted octanol–water partition coefficient (Wildman–Crippen LogP) is 2.23. The summed E-state index contributed by atoms with van der Waals surface area (Å²) in [5, 5.41) is 2.78. The maximum atomic E-state index is 12.0. The third kappa shape index (κ3) is 3.61. The van der Waals surface area contributed by atoms with E-state index in [1.807, 2.05) is 12.1 Å². The van der Waals surface area contributed by atoms with Gasteiger partial charge in [0.15, 0.2) is 0 Å². The zero-order valence-corrected chi connectivity index (χ0v) is 12.3. The van der Waals surface area contributed by atoms with Crippen molar-refractivity contribution in [2.75, 3.05) is 23.3 Å². The summed E-state index contributed by atoms with van der Waals surface area (Å²) in [7, 11) is 0. The maximum Gasteiger partial charge on any atom is 0.258 e. The van der Waals surface area contributed by atoms with Gasteiger partial charge in [-0.3, -0.25) is 4.79 Å². The lowest BCUT2D eigenvalue weighted by molar-refractivity contribution is 0.102. The molecule has 6 heteroatoms. The van der Waals surface area contributed by atoms with Crippen LogP contribution in [0.25, 0.3) is 0 Å². The summed E-state index contributed by atoms with van der Waals surface area (Å²) in [5.41, 5.74) is 6.54. The van der Waals surface area contributed by atoms with Crippen LogP contribution in [0, 0.1) is 0 Å². The number of aromatic nitrogens is 1. The number of hydrogen-bond donors (Lipinski definition) is 2. The number of nitrogens with zero attached hydrogens (tertiary/aromatic N) is 2. The Labute approximate surface area is 124 Å². The highest BCUT2D eigenvalue weighted by Gasteiger charge is 2.10. The van der Waals surface area contributed by atoms with Gasteiger partial charge in [-0.15, -0.1) is 0 Å². The zero-order valence-electron chi connectivity index (χ0n) is 12.3. The summed E-state index contributed by atoms with van der Waals surface area (Å²) in [6.07, 6.45) is 3.05. The highest BCUT2D eigenvalue weighted by atomic mass is 16.3. The summed E-state index contributed by atoms with van der Waals surface area (Å²) in [6, 6.07) is 5.36. The van der Waals surface area contributed by atoms with Crippen molar-refractivity contribution in [2.24, 2.45) is 5.73 Å². The number of carbonyl (C=O) groups excluding carboxylic acids is 1. The molecule has 0 bridgehead atoms. The third-order valence-corrected chi connectivity index (χ3v) is 3.21. The van der Waals surface area contributed by atoms with E-state index < -0.39 is 0 Å². The van der Waals surface area contributed by atoms with Crippen molar-refractivity contribution in [3.8, 4) is 0 Å². The van der Waals surface area contributed by atoms with Crippen molar-refractivity contribution < 1.29 is 9.21 Å². The average Bonchev–Trinajstić information content (AvgIpc) is 2.99. The van der Waals surface area contributed by atoms with Crippen molar-refractivity contribution in [1.82, 2.24) is 4.98 Å². The van der Waals surface area contributed by atoms with E-state index in [0.29, 0.717) is 17.0 Å². The van der Waals surface area contributed by atoms with E-state index >= 15 is 0 Å². The molecule has 0 aliphatic rings. The van der Waals surface area contributed by atoms with Crippen LogP contribution in [-0.2, 0) is 6.54 Å². The van der Waals surface area contributed by atoms with Crippen LogP contribution in [-0.4, -0.2) is 24.0 Å². The van der Waals surface area contributed by atoms with Crippen LogP contribution in [0.2, 0.25) is 0 Å². The average molecular weight is 288 g/mol. The molecule has 0 saturated carbocycles. The minimum absolute atomic E-state index is 0.240. The van der Waals surface area contributed by atoms with Crippen LogP contribution < -0.4 is 16.0 Å². The second-order valence-corrected chi connectivity index (χ2v) is 4.54. The molecule has 0 fully saturated rings. The summed E-state index contributed by atoms with van der Waals surface area (Å²) in [5.74, 6) is 1.23. The number of nitrogens with two attached hydrogens (primary N) is 1. The molecule has 0 aromatic carbocycles. The molecule has 0 saturated heterocycles. The van der Waals surface area contributed by atoms with Gasteiger partial charge in [-0.25, -0.2) is 4.98 Å². The smallest absolute Gasteiger partial charge is 0.258 e. The molecular formula is C15H20N4O2. The monoisotopic (exact) mass is 288 g/mol. The molecule has 0 spiro atoms. The van der Waals surface area contributed by atoms with Crippen molar-refractivity contribution in [3.05, 3.63) is 42.0 Å². The topological polar surface area (TPSA) is 84.4 Å². The van der Waals surface area contributed by atoms with Gasteiger partial charge in [0.25, 0.3) is 5.91 Å². The Morgan fingerprint density at radius 2 is 2.14 bits per heavy atom. The highest BCUT2D eigenvalue weighted by Crippen LogP contribution is 2.15. The van der Waals surface area contributed by atoms with Crippen LogP contribution in [0.4, 0.5) is 11.5 Å². The molecule has 0 aliphatic heterocycles. The van der Waals surface area contributed by atoms with Gasteiger partial charge in [-0.2, -0.15) is 0 Å². The lowest BCUT2D eigenvalue weighted by Crippen LogP contribution is -2.22. The fourth-order valence-corrected chi connectivity index (χ4v) is 2.00. The summed E-state index contributed by atoms with van der Waals surface area (Å²) >= 11 is 0. The number of carbonyl (C=O) groups is 1. The Bertz CT molecular complexity index is 588. The number of pyridine rings is 1. The van der Waals surface area contributed by atoms with Gasteiger partial charge < -0.3 is 20.4 Å². The van der Waals surface area contributed by atoms with Crippen molar-refractivity contribution >= 4 is 17.4 Å². The SMILES string of the molecule is CCN(CC)c1ccc(NC(=O)c2coc(CN)c2)cn1. The van der Waals surface area contributed by atoms with Crippen LogP contribution in [0.1, 0.15) is 30.0 Å². The zero-order chi connectivity index (χ0) is 15.2. The molecule has 6 nitrogen and oxygen atoms in total. The number of hydrogen-bond acceptors (Lipinski definition) is 5. The first-order valence-corrected chi connectivity index (χ1v) is 6.97. The van der Waals surface area contributed by atoms with Crippen LogP contribution >= 0.6 is 0 Å². The molecule has 0 aliphatic carbocycles. The van der Waals surface area contributed by atoms with Crippen molar-refractivity contribution in [1.29, 1.82) is 0 Å². The first-order chi connectivity index (χ1) is 10.2.